The van der Waals surface area contributed by atoms with Crippen molar-refractivity contribution in [3.8, 4) is 0 Å². The summed E-state index contributed by atoms with van der Waals surface area (Å²) in [6.07, 6.45) is 2.77. The van der Waals surface area contributed by atoms with Crippen LogP contribution >= 0.6 is 0 Å². The SMILES string of the molecule is O=S(=O)(N/N=C/c1ccco1)c1ccccc1. The number of hydrogen-bond donors (Lipinski definition) is 1. The Morgan fingerprint density at radius 3 is 2.53 bits per heavy atom. The van der Waals surface area contributed by atoms with Crippen LogP contribution in [0.25, 0.3) is 0 Å². The highest BCUT2D eigenvalue weighted by Crippen LogP contribution is 2.06. The first-order valence-corrected chi connectivity index (χ1v) is 6.30. The fourth-order valence-electron chi connectivity index (χ4n) is 1.18. The molecule has 0 fully saturated rings. The van der Waals surface area contributed by atoms with Gasteiger partial charge >= 0.3 is 0 Å². The maximum atomic E-state index is 11.7. The standard InChI is InChI=1S/C11H10N2O3S/c14-17(15,11-6-2-1-3-7-11)13-12-9-10-5-4-8-16-10/h1-9,13H/b12-9+. The highest BCUT2D eigenvalue weighted by molar-refractivity contribution is 7.89. The van der Waals surface area contributed by atoms with Gasteiger partial charge in [-0.3, -0.25) is 0 Å². The Labute approximate surface area is 98.8 Å². The summed E-state index contributed by atoms with van der Waals surface area (Å²) in [6.45, 7) is 0. The van der Waals surface area contributed by atoms with Gasteiger partial charge in [0, 0.05) is 0 Å². The molecule has 6 heteroatoms. The number of nitrogens with zero attached hydrogens (tertiary/aromatic N) is 1. The van der Waals surface area contributed by atoms with E-state index in [1.54, 1.807) is 30.3 Å². The quantitative estimate of drug-likeness (QED) is 0.661. The topological polar surface area (TPSA) is 71.7 Å². The molecule has 0 radical (unpaired) electrons. The van der Waals surface area contributed by atoms with Gasteiger partial charge in [-0.15, -0.1) is 0 Å². The molecular formula is C11H10N2O3S. The summed E-state index contributed by atoms with van der Waals surface area (Å²) in [4.78, 5) is 2.26. The molecule has 2 aromatic rings. The second-order valence-corrected chi connectivity index (χ2v) is 4.84. The van der Waals surface area contributed by atoms with E-state index in [4.69, 9.17) is 4.42 Å². The maximum absolute atomic E-state index is 11.7. The minimum atomic E-state index is -3.60. The van der Waals surface area contributed by atoms with Crippen LogP contribution in [0.1, 0.15) is 5.76 Å². The molecule has 0 aliphatic rings. The van der Waals surface area contributed by atoms with Crippen molar-refractivity contribution in [2.75, 3.05) is 0 Å². The number of furan rings is 1. The Morgan fingerprint density at radius 2 is 1.88 bits per heavy atom. The largest absolute Gasteiger partial charge is 0.463 e. The maximum Gasteiger partial charge on any atom is 0.276 e. The lowest BCUT2D eigenvalue weighted by Gasteiger charge is -2.01. The molecule has 0 atom stereocenters. The smallest absolute Gasteiger partial charge is 0.276 e. The summed E-state index contributed by atoms with van der Waals surface area (Å²) in [5.74, 6) is 0.473. The van der Waals surface area contributed by atoms with Crippen LogP contribution in [0.2, 0.25) is 0 Å². The second-order valence-electron chi connectivity index (χ2n) is 3.18. The van der Waals surface area contributed by atoms with Crippen molar-refractivity contribution in [1.82, 2.24) is 4.83 Å². The molecule has 0 saturated heterocycles. The van der Waals surface area contributed by atoms with Gasteiger partial charge in [-0.1, -0.05) is 18.2 Å². The Morgan fingerprint density at radius 1 is 1.12 bits per heavy atom. The van der Waals surface area contributed by atoms with Crippen molar-refractivity contribution in [2.24, 2.45) is 5.10 Å². The molecule has 0 spiro atoms. The van der Waals surface area contributed by atoms with E-state index in [0.717, 1.165) is 0 Å². The first-order valence-electron chi connectivity index (χ1n) is 4.82. The number of sulfonamides is 1. The number of benzene rings is 1. The van der Waals surface area contributed by atoms with Gasteiger partial charge in [-0.2, -0.15) is 18.4 Å². The summed E-state index contributed by atoms with van der Waals surface area (Å²) in [5.41, 5.74) is 0. The summed E-state index contributed by atoms with van der Waals surface area (Å²) in [6, 6.07) is 11.4. The molecule has 2 rings (SSSR count). The molecule has 0 bridgehead atoms. The third-order valence-corrected chi connectivity index (χ3v) is 3.20. The summed E-state index contributed by atoms with van der Waals surface area (Å²) in [7, 11) is -3.60. The molecule has 17 heavy (non-hydrogen) atoms. The van der Waals surface area contributed by atoms with E-state index in [-0.39, 0.29) is 4.90 Å². The molecule has 0 amide bonds. The lowest BCUT2D eigenvalue weighted by molar-refractivity contribution is 0.559. The average Bonchev–Trinajstić information content (AvgIpc) is 2.83. The molecule has 1 aromatic heterocycles. The number of hydrazone groups is 1. The molecule has 1 aromatic carbocycles. The molecular weight excluding hydrogens is 240 g/mol. The minimum absolute atomic E-state index is 0.164. The first-order chi connectivity index (χ1) is 8.18. The van der Waals surface area contributed by atoms with Gasteiger partial charge in [-0.05, 0) is 24.3 Å². The van der Waals surface area contributed by atoms with Crippen molar-refractivity contribution in [3.05, 3.63) is 54.5 Å². The van der Waals surface area contributed by atoms with Crippen LogP contribution in [0.5, 0.6) is 0 Å². The van der Waals surface area contributed by atoms with Crippen molar-refractivity contribution < 1.29 is 12.8 Å². The van der Waals surface area contributed by atoms with Gasteiger partial charge in [0.25, 0.3) is 10.0 Å². The first kappa shape index (κ1) is 11.4. The number of nitrogens with one attached hydrogen (secondary N) is 1. The van der Waals surface area contributed by atoms with Crippen LogP contribution < -0.4 is 4.83 Å². The second kappa shape index (κ2) is 4.84. The van der Waals surface area contributed by atoms with Gasteiger partial charge in [0.2, 0.25) is 0 Å². The Hall–Kier alpha value is -2.08. The predicted molar refractivity (Wildman–Crippen MR) is 63.1 cm³/mol. The molecule has 0 saturated carbocycles. The Bertz CT molecular complexity index is 589. The van der Waals surface area contributed by atoms with E-state index in [9.17, 15) is 8.42 Å². The molecule has 0 unspecified atom stereocenters. The van der Waals surface area contributed by atoms with Gasteiger partial charge in [0.1, 0.15) is 5.76 Å². The van der Waals surface area contributed by atoms with Crippen molar-refractivity contribution in [1.29, 1.82) is 0 Å². The van der Waals surface area contributed by atoms with E-state index in [1.165, 1.54) is 24.6 Å². The fourth-order valence-corrected chi connectivity index (χ4v) is 1.99. The summed E-state index contributed by atoms with van der Waals surface area (Å²) < 4.78 is 28.4. The molecule has 0 aliphatic carbocycles. The van der Waals surface area contributed by atoms with Gasteiger partial charge in [0.05, 0.1) is 17.4 Å². The zero-order chi connectivity index (χ0) is 12.1. The van der Waals surface area contributed by atoms with Gasteiger partial charge in [0.15, 0.2) is 0 Å². The molecule has 1 N–H and O–H groups in total. The fraction of sp³-hybridized carbons (Fsp3) is 0. The van der Waals surface area contributed by atoms with Gasteiger partial charge < -0.3 is 4.42 Å². The van der Waals surface area contributed by atoms with E-state index in [0.29, 0.717) is 5.76 Å². The summed E-state index contributed by atoms with van der Waals surface area (Å²) >= 11 is 0. The lowest BCUT2D eigenvalue weighted by atomic mass is 10.4. The third-order valence-electron chi connectivity index (χ3n) is 1.96. The van der Waals surface area contributed by atoms with E-state index in [2.05, 4.69) is 9.93 Å². The van der Waals surface area contributed by atoms with Crippen LogP contribution in [0.4, 0.5) is 0 Å². The van der Waals surface area contributed by atoms with Crippen molar-refractivity contribution >= 4 is 16.2 Å². The number of rotatable bonds is 4. The summed E-state index contributed by atoms with van der Waals surface area (Å²) in [5, 5.41) is 3.61. The Balaban J connectivity index is 2.09. The third kappa shape index (κ3) is 2.94. The zero-order valence-corrected chi connectivity index (χ0v) is 9.59. The van der Waals surface area contributed by atoms with Crippen molar-refractivity contribution in [3.63, 3.8) is 0 Å². The highest BCUT2D eigenvalue weighted by Gasteiger charge is 2.10. The van der Waals surface area contributed by atoms with Crippen LogP contribution in [-0.4, -0.2) is 14.6 Å². The lowest BCUT2D eigenvalue weighted by Crippen LogP contribution is -2.18. The van der Waals surface area contributed by atoms with E-state index in [1.807, 2.05) is 0 Å². The van der Waals surface area contributed by atoms with E-state index >= 15 is 0 Å². The highest BCUT2D eigenvalue weighted by atomic mass is 32.2. The molecule has 1 heterocycles. The Kier molecular flexibility index (Phi) is 3.24. The number of hydrogen-bond acceptors (Lipinski definition) is 4. The molecule has 88 valence electrons. The monoisotopic (exact) mass is 250 g/mol. The van der Waals surface area contributed by atoms with Crippen LogP contribution in [0.3, 0.4) is 0 Å². The zero-order valence-electron chi connectivity index (χ0n) is 8.78. The predicted octanol–water partition coefficient (Wildman–Crippen LogP) is 1.59. The van der Waals surface area contributed by atoms with Crippen LogP contribution in [-0.2, 0) is 10.0 Å². The molecule has 5 nitrogen and oxygen atoms in total. The molecule has 0 aliphatic heterocycles. The van der Waals surface area contributed by atoms with Crippen LogP contribution in [0.15, 0.2) is 63.1 Å². The normalized spacial score (nSPS) is 11.8. The van der Waals surface area contributed by atoms with Crippen molar-refractivity contribution in [2.45, 2.75) is 4.90 Å². The minimum Gasteiger partial charge on any atom is -0.463 e. The van der Waals surface area contributed by atoms with Gasteiger partial charge in [-0.25, -0.2) is 0 Å². The average molecular weight is 250 g/mol. The van der Waals surface area contributed by atoms with E-state index < -0.39 is 10.0 Å². The van der Waals surface area contributed by atoms with Crippen LogP contribution in [0, 0.1) is 0 Å².